The molecule has 5 nitrogen and oxygen atoms in total. The molecular weight excluding hydrogens is 254 g/mol. The lowest BCUT2D eigenvalue weighted by Crippen LogP contribution is -2.62. The largest absolute Gasteiger partial charge is 0.480 e. The summed E-state index contributed by atoms with van der Waals surface area (Å²) in [7, 11) is 0. The molecule has 3 N–H and O–H groups in total. The van der Waals surface area contributed by atoms with Gasteiger partial charge in [-0.15, -0.1) is 0 Å². The number of carboxylic acid groups (broad SMARTS) is 1. The van der Waals surface area contributed by atoms with E-state index in [1.54, 1.807) is 0 Å². The van der Waals surface area contributed by atoms with Crippen molar-refractivity contribution >= 4 is 5.97 Å². The summed E-state index contributed by atoms with van der Waals surface area (Å²) in [5.41, 5.74) is 6.06. The number of likely N-dealkylation sites (tertiary alicyclic amines) is 1. The van der Waals surface area contributed by atoms with Crippen LogP contribution in [0.3, 0.4) is 0 Å². The first-order valence-corrected chi connectivity index (χ1v) is 7.95. The van der Waals surface area contributed by atoms with Crippen molar-refractivity contribution in [2.75, 3.05) is 26.2 Å². The van der Waals surface area contributed by atoms with Crippen LogP contribution in [-0.2, 0) is 4.79 Å². The van der Waals surface area contributed by atoms with Gasteiger partial charge in [-0.2, -0.15) is 0 Å². The highest BCUT2D eigenvalue weighted by molar-refractivity contribution is 5.74. The predicted molar refractivity (Wildman–Crippen MR) is 77.4 cm³/mol. The van der Waals surface area contributed by atoms with Crippen molar-refractivity contribution in [1.29, 1.82) is 0 Å². The minimum Gasteiger partial charge on any atom is -0.480 e. The predicted octanol–water partition coefficient (Wildman–Crippen LogP) is 0.449. The van der Waals surface area contributed by atoms with E-state index in [4.69, 9.17) is 5.73 Å². The molecule has 4 atom stereocenters. The molecule has 0 aromatic carbocycles. The van der Waals surface area contributed by atoms with Crippen molar-refractivity contribution < 1.29 is 9.90 Å². The SMILES string of the molecule is CC(C)CN1CC2C3CCN(CC3)C2C1C(N)C(=O)O. The summed E-state index contributed by atoms with van der Waals surface area (Å²) in [6, 6.07) is -0.404. The molecule has 4 saturated heterocycles. The maximum Gasteiger partial charge on any atom is 0.322 e. The lowest BCUT2D eigenvalue weighted by molar-refractivity contribution is -0.141. The zero-order chi connectivity index (χ0) is 14.4. The first-order valence-electron chi connectivity index (χ1n) is 7.95. The van der Waals surface area contributed by atoms with Crippen LogP contribution in [0.15, 0.2) is 0 Å². The van der Waals surface area contributed by atoms with Gasteiger partial charge in [-0.25, -0.2) is 0 Å². The summed E-state index contributed by atoms with van der Waals surface area (Å²) >= 11 is 0. The highest BCUT2D eigenvalue weighted by Gasteiger charge is 2.54. The van der Waals surface area contributed by atoms with Crippen molar-refractivity contribution in [3.8, 4) is 0 Å². The number of rotatable bonds is 4. The third-order valence-electron chi connectivity index (χ3n) is 5.51. The fraction of sp³-hybridized carbons (Fsp3) is 0.933. The molecule has 114 valence electrons. The number of aliphatic carboxylic acids is 1. The molecule has 4 unspecified atom stereocenters. The number of hydrogen-bond donors (Lipinski definition) is 2. The third kappa shape index (κ3) is 2.26. The molecule has 0 saturated carbocycles. The molecule has 2 bridgehead atoms. The molecule has 4 aliphatic heterocycles. The van der Waals surface area contributed by atoms with Gasteiger partial charge in [-0.05, 0) is 43.7 Å². The summed E-state index contributed by atoms with van der Waals surface area (Å²) in [6.07, 6.45) is 2.57. The van der Waals surface area contributed by atoms with Crippen molar-refractivity contribution in [2.24, 2.45) is 23.5 Å². The van der Waals surface area contributed by atoms with Crippen molar-refractivity contribution in [3.05, 3.63) is 0 Å². The summed E-state index contributed by atoms with van der Waals surface area (Å²) < 4.78 is 0. The first kappa shape index (κ1) is 14.3. The van der Waals surface area contributed by atoms with Crippen LogP contribution in [0, 0.1) is 17.8 Å². The van der Waals surface area contributed by atoms with Gasteiger partial charge < -0.3 is 10.8 Å². The van der Waals surface area contributed by atoms with Gasteiger partial charge in [0.15, 0.2) is 0 Å². The summed E-state index contributed by atoms with van der Waals surface area (Å²) in [5, 5.41) is 9.38. The van der Waals surface area contributed by atoms with Gasteiger partial charge in [0.2, 0.25) is 0 Å². The smallest absolute Gasteiger partial charge is 0.322 e. The van der Waals surface area contributed by atoms with E-state index in [1.807, 2.05) is 0 Å². The van der Waals surface area contributed by atoms with E-state index >= 15 is 0 Å². The Labute approximate surface area is 121 Å². The number of carbonyl (C=O) groups is 1. The van der Waals surface area contributed by atoms with Gasteiger partial charge in [-0.1, -0.05) is 13.8 Å². The second-order valence-electron chi connectivity index (χ2n) is 7.23. The molecule has 4 aliphatic rings. The average molecular weight is 281 g/mol. The molecule has 5 heteroatoms. The molecule has 0 aromatic rings. The summed E-state index contributed by atoms with van der Waals surface area (Å²) in [4.78, 5) is 16.3. The number of hydrogen-bond acceptors (Lipinski definition) is 4. The Morgan fingerprint density at radius 3 is 2.55 bits per heavy atom. The Balaban J connectivity index is 1.86. The number of piperidine rings is 3. The average Bonchev–Trinajstić information content (AvgIpc) is 2.78. The fourth-order valence-electron chi connectivity index (χ4n) is 4.78. The highest BCUT2D eigenvalue weighted by Crippen LogP contribution is 2.44. The van der Waals surface area contributed by atoms with Crippen LogP contribution in [0.25, 0.3) is 0 Å². The fourth-order valence-corrected chi connectivity index (χ4v) is 4.78. The summed E-state index contributed by atoms with van der Waals surface area (Å²) in [5.74, 6) is 1.11. The quantitative estimate of drug-likeness (QED) is 0.783. The van der Waals surface area contributed by atoms with Gasteiger partial charge in [0.25, 0.3) is 0 Å². The second-order valence-corrected chi connectivity index (χ2v) is 7.23. The summed E-state index contributed by atoms with van der Waals surface area (Å²) in [6.45, 7) is 8.64. The molecule has 4 fully saturated rings. The van der Waals surface area contributed by atoms with E-state index in [9.17, 15) is 9.90 Å². The Morgan fingerprint density at radius 2 is 2.00 bits per heavy atom. The van der Waals surface area contributed by atoms with Gasteiger partial charge in [0.1, 0.15) is 6.04 Å². The van der Waals surface area contributed by atoms with Crippen molar-refractivity contribution in [1.82, 2.24) is 9.80 Å². The number of fused-ring (bicyclic) bond motifs is 2. The van der Waals surface area contributed by atoms with Crippen LogP contribution < -0.4 is 5.73 Å². The van der Waals surface area contributed by atoms with Crippen LogP contribution >= 0.6 is 0 Å². The van der Waals surface area contributed by atoms with Gasteiger partial charge in [0.05, 0.1) is 6.04 Å². The second kappa shape index (κ2) is 5.28. The van der Waals surface area contributed by atoms with Crippen LogP contribution in [-0.4, -0.2) is 65.2 Å². The normalized spacial score (nSPS) is 41.9. The highest BCUT2D eigenvalue weighted by atomic mass is 16.4. The molecule has 20 heavy (non-hydrogen) atoms. The van der Waals surface area contributed by atoms with E-state index < -0.39 is 12.0 Å². The minimum atomic E-state index is -0.855. The van der Waals surface area contributed by atoms with Crippen LogP contribution in [0.1, 0.15) is 26.7 Å². The lowest BCUT2D eigenvalue weighted by atomic mass is 9.73. The van der Waals surface area contributed by atoms with E-state index in [-0.39, 0.29) is 6.04 Å². The van der Waals surface area contributed by atoms with Crippen molar-refractivity contribution in [2.45, 2.75) is 44.8 Å². The number of nitrogens with two attached hydrogens (primary N) is 1. The Bertz CT molecular complexity index is 379. The number of nitrogens with zero attached hydrogens (tertiary/aromatic N) is 2. The molecular formula is C15H27N3O2. The van der Waals surface area contributed by atoms with Crippen LogP contribution in [0.4, 0.5) is 0 Å². The zero-order valence-corrected chi connectivity index (χ0v) is 12.5. The molecule has 4 rings (SSSR count). The van der Waals surface area contributed by atoms with Crippen LogP contribution in [0.2, 0.25) is 0 Å². The van der Waals surface area contributed by atoms with Crippen molar-refractivity contribution in [3.63, 3.8) is 0 Å². The van der Waals surface area contributed by atoms with E-state index in [2.05, 4.69) is 23.6 Å². The van der Waals surface area contributed by atoms with Gasteiger partial charge in [0, 0.05) is 19.1 Å². The zero-order valence-electron chi connectivity index (χ0n) is 12.5. The van der Waals surface area contributed by atoms with E-state index in [1.165, 1.54) is 12.8 Å². The lowest BCUT2D eigenvalue weighted by Gasteiger charge is -2.50. The van der Waals surface area contributed by atoms with E-state index in [0.717, 1.165) is 32.1 Å². The third-order valence-corrected chi connectivity index (χ3v) is 5.51. The monoisotopic (exact) mass is 281 g/mol. The molecule has 4 heterocycles. The van der Waals surface area contributed by atoms with Gasteiger partial charge in [-0.3, -0.25) is 14.6 Å². The topological polar surface area (TPSA) is 69.8 Å². The minimum absolute atomic E-state index is 0.0111. The maximum atomic E-state index is 11.4. The molecule has 0 spiro atoms. The Kier molecular flexibility index (Phi) is 3.77. The standard InChI is InChI=1S/C15H27N3O2/c1-9(2)7-18-8-11-10-3-5-17(6-4-10)13(11)14(18)12(16)15(19)20/h9-14H,3-8,16H2,1-2H3,(H,19,20). The number of carboxylic acids is 1. The Hall–Kier alpha value is -0.650. The maximum absolute atomic E-state index is 11.4. The molecule has 0 aromatic heterocycles. The van der Waals surface area contributed by atoms with Crippen LogP contribution in [0.5, 0.6) is 0 Å². The van der Waals surface area contributed by atoms with Gasteiger partial charge >= 0.3 is 5.97 Å². The molecule has 0 radical (unpaired) electrons. The Morgan fingerprint density at radius 1 is 1.35 bits per heavy atom. The molecule has 0 aliphatic carbocycles. The first-order chi connectivity index (χ1) is 9.49. The van der Waals surface area contributed by atoms with E-state index in [0.29, 0.717) is 17.9 Å². The molecule has 0 amide bonds.